The molecule has 0 aromatic heterocycles. The number of nitrogens with zero attached hydrogens (tertiary/aromatic N) is 1. The molecule has 0 radical (unpaired) electrons. The van der Waals surface area contributed by atoms with Gasteiger partial charge in [0.05, 0.1) is 5.41 Å². The summed E-state index contributed by atoms with van der Waals surface area (Å²) in [4.78, 5) is 15.6. The van der Waals surface area contributed by atoms with E-state index in [1.54, 1.807) is 0 Å². The molecule has 2 atom stereocenters. The van der Waals surface area contributed by atoms with Crippen LogP contribution in [-0.4, -0.2) is 37.0 Å². The number of nitrogens with one attached hydrogen (secondary N) is 1. The van der Waals surface area contributed by atoms with Gasteiger partial charge in [0.2, 0.25) is 5.91 Å². The molecule has 22 heavy (non-hydrogen) atoms. The molecule has 3 fully saturated rings. The number of likely N-dealkylation sites (tertiary alicyclic amines) is 1. The third kappa shape index (κ3) is 2.18. The van der Waals surface area contributed by atoms with Crippen LogP contribution < -0.4 is 5.32 Å². The Labute approximate surface area is 133 Å². The van der Waals surface area contributed by atoms with E-state index in [4.69, 9.17) is 0 Å². The molecule has 0 unspecified atom stereocenters. The number of hydrogen-bond donors (Lipinski definition) is 1. The summed E-state index contributed by atoms with van der Waals surface area (Å²) >= 11 is 0. The fourth-order valence-corrected chi connectivity index (χ4v) is 4.87. The van der Waals surface area contributed by atoms with Crippen LogP contribution in [0.4, 0.5) is 0 Å². The van der Waals surface area contributed by atoms with Crippen LogP contribution in [0.5, 0.6) is 0 Å². The number of carbonyl (C=O) groups is 1. The van der Waals surface area contributed by atoms with Crippen LogP contribution in [0.2, 0.25) is 0 Å². The van der Waals surface area contributed by atoms with Crippen molar-refractivity contribution in [3.63, 3.8) is 0 Å². The van der Waals surface area contributed by atoms with E-state index in [2.05, 4.69) is 41.4 Å². The maximum absolute atomic E-state index is 13.4. The van der Waals surface area contributed by atoms with E-state index in [1.807, 2.05) is 0 Å². The monoisotopic (exact) mass is 298 g/mol. The Balaban J connectivity index is 1.63. The van der Waals surface area contributed by atoms with Gasteiger partial charge in [-0.25, -0.2) is 0 Å². The lowest BCUT2D eigenvalue weighted by atomic mass is 9.77. The van der Waals surface area contributed by atoms with Crippen molar-refractivity contribution in [2.24, 2.45) is 11.8 Å². The Morgan fingerprint density at radius 2 is 1.86 bits per heavy atom. The first-order chi connectivity index (χ1) is 10.7. The van der Waals surface area contributed by atoms with Gasteiger partial charge < -0.3 is 10.2 Å². The maximum atomic E-state index is 13.4. The molecular formula is C19H26N2O. The summed E-state index contributed by atoms with van der Waals surface area (Å²) in [5.74, 6) is 1.77. The first-order valence-corrected chi connectivity index (χ1v) is 8.76. The molecule has 3 heteroatoms. The molecule has 1 amide bonds. The fraction of sp³-hybridized carbons (Fsp3) is 0.632. The topological polar surface area (TPSA) is 32.3 Å². The Morgan fingerprint density at radius 1 is 1.18 bits per heavy atom. The lowest BCUT2D eigenvalue weighted by molar-refractivity contribution is -0.136. The largest absolute Gasteiger partial charge is 0.341 e. The number of aryl methyl sites for hydroxylation is 1. The molecule has 1 aromatic rings. The van der Waals surface area contributed by atoms with E-state index >= 15 is 0 Å². The average molecular weight is 298 g/mol. The number of rotatable bonds is 2. The van der Waals surface area contributed by atoms with Crippen LogP contribution in [0.3, 0.4) is 0 Å². The highest BCUT2D eigenvalue weighted by molar-refractivity contribution is 5.89. The van der Waals surface area contributed by atoms with Crippen molar-refractivity contribution < 1.29 is 4.79 Å². The molecule has 1 aliphatic carbocycles. The standard InChI is InChI=1S/C19H26N2O/c1-14-5-4-6-17(9-14)19(7-2-3-8-19)18(22)21-12-15-10-20-11-16(15)13-21/h4-6,9,15-16,20H,2-3,7-8,10-13H2,1H3/t15-,16+. The normalized spacial score (nSPS) is 29.8. The number of benzene rings is 1. The van der Waals surface area contributed by atoms with Gasteiger partial charge in [-0.3, -0.25) is 4.79 Å². The van der Waals surface area contributed by atoms with E-state index in [0.717, 1.165) is 39.0 Å². The van der Waals surface area contributed by atoms with Gasteiger partial charge in [-0.2, -0.15) is 0 Å². The lowest BCUT2D eigenvalue weighted by Crippen LogP contribution is -2.45. The molecule has 0 bridgehead atoms. The molecule has 2 saturated heterocycles. The Bertz CT molecular complexity index is 565. The number of amides is 1. The second kappa shape index (κ2) is 5.38. The third-order valence-electron chi connectivity index (χ3n) is 6.11. The zero-order valence-electron chi connectivity index (χ0n) is 13.5. The first kappa shape index (κ1) is 14.3. The second-order valence-corrected chi connectivity index (χ2v) is 7.55. The van der Waals surface area contributed by atoms with Crippen molar-refractivity contribution in [2.75, 3.05) is 26.2 Å². The van der Waals surface area contributed by atoms with Gasteiger partial charge in [0, 0.05) is 26.2 Å². The van der Waals surface area contributed by atoms with E-state index in [9.17, 15) is 4.79 Å². The minimum atomic E-state index is -0.238. The van der Waals surface area contributed by atoms with Crippen LogP contribution >= 0.6 is 0 Å². The molecule has 1 aromatic carbocycles. The summed E-state index contributed by atoms with van der Waals surface area (Å²) in [7, 11) is 0. The highest BCUT2D eigenvalue weighted by atomic mass is 16.2. The van der Waals surface area contributed by atoms with Crippen LogP contribution in [0.25, 0.3) is 0 Å². The Kier molecular flexibility index (Phi) is 3.48. The fourth-order valence-electron chi connectivity index (χ4n) is 4.87. The zero-order valence-corrected chi connectivity index (χ0v) is 13.5. The highest BCUT2D eigenvalue weighted by Crippen LogP contribution is 2.44. The van der Waals surface area contributed by atoms with Gasteiger partial charge in [-0.15, -0.1) is 0 Å². The van der Waals surface area contributed by atoms with Gasteiger partial charge in [0.25, 0.3) is 0 Å². The smallest absolute Gasteiger partial charge is 0.233 e. The van der Waals surface area contributed by atoms with E-state index in [-0.39, 0.29) is 5.41 Å². The van der Waals surface area contributed by atoms with Crippen LogP contribution in [-0.2, 0) is 10.2 Å². The SMILES string of the molecule is Cc1cccc(C2(C(=O)N3C[C@H]4CNC[C@H]4C3)CCCC2)c1. The number of hydrogen-bond acceptors (Lipinski definition) is 2. The number of fused-ring (bicyclic) bond motifs is 1. The van der Waals surface area contributed by atoms with Crippen molar-refractivity contribution in [1.82, 2.24) is 10.2 Å². The van der Waals surface area contributed by atoms with E-state index in [1.165, 1.54) is 24.0 Å². The van der Waals surface area contributed by atoms with Crippen LogP contribution in [0.1, 0.15) is 36.8 Å². The minimum absolute atomic E-state index is 0.238. The molecule has 2 heterocycles. The Morgan fingerprint density at radius 3 is 2.50 bits per heavy atom. The maximum Gasteiger partial charge on any atom is 0.233 e. The van der Waals surface area contributed by atoms with E-state index in [0.29, 0.717) is 17.7 Å². The van der Waals surface area contributed by atoms with Gasteiger partial charge in [-0.1, -0.05) is 42.7 Å². The molecule has 0 spiro atoms. The lowest BCUT2D eigenvalue weighted by Gasteiger charge is -2.33. The van der Waals surface area contributed by atoms with Gasteiger partial charge in [0.15, 0.2) is 0 Å². The van der Waals surface area contributed by atoms with Crippen molar-refractivity contribution in [3.8, 4) is 0 Å². The van der Waals surface area contributed by atoms with Crippen molar-refractivity contribution in [3.05, 3.63) is 35.4 Å². The van der Waals surface area contributed by atoms with Crippen LogP contribution in [0, 0.1) is 18.8 Å². The summed E-state index contributed by atoms with van der Waals surface area (Å²) in [6.07, 6.45) is 4.42. The molecule has 1 N–H and O–H groups in total. The van der Waals surface area contributed by atoms with Crippen LogP contribution in [0.15, 0.2) is 24.3 Å². The summed E-state index contributed by atoms with van der Waals surface area (Å²) < 4.78 is 0. The molecule has 2 aliphatic heterocycles. The number of carbonyl (C=O) groups excluding carboxylic acids is 1. The highest BCUT2D eigenvalue weighted by Gasteiger charge is 2.48. The average Bonchev–Trinajstić information content (AvgIpc) is 3.22. The Hall–Kier alpha value is -1.35. The molecular weight excluding hydrogens is 272 g/mol. The summed E-state index contributed by atoms with van der Waals surface area (Å²) in [5, 5.41) is 3.46. The van der Waals surface area contributed by atoms with Crippen molar-refractivity contribution in [1.29, 1.82) is 0 Å². The quantitative estimate of drug-likeness (QED) is 0.910. The molecule has 118 valence electrons. The van der Waals surface area contributed by atoms with Crippen molar-refractivity contribution in [2.45, 2.75) is 38.0 Å². The predicted molar refractivity (Wildman–Crippen MR) is 87.8 cm³/mol. The minimum Gasteiger partial charge on any atom is -0.341 e. The van der Waals surface area contributed by atoms with Crippen molar-refractivity contribution >= 4 is 5.91 Å². The predicted octanol–water partition coefficient (Wildman–Crippen LogP) is 2.48. The van der Waals surface area contributed by atoms with E-state index < -0.39 is 0 Å². The van der Waals surface area contributed by atoms with Gasteiger partial charge >= 0.3 is 0 Å². The van der Waals surface area contributed by atoms with Gasteiger partial charge in [-0.05, 0) is 37.2 Å². The molecule has 4 rings (SSSR count). The zero-order chi connectivity index (χ0) is 15.2. The summed E-state index contributed by atoms with van der Waals surface area (Å²) in [6.45, 7) is 6.23. The molecule has 3 aliphatic rings. The second-order valence-electron chi connectivity index (χ2n) is 7.55. The molecule has 3 nitrogen and oxygen atoms in total. The third-order valence-corrected chi connectivity index (χ3v) is 6.11. The summed E-state index contributed by atoms with van der Waals surface area (Å²) in [5.41, 5.74) is 2.28. The first-order valence-electron chi connectivity index (χ1n) is 8.76. The summed E-state index contributed by atoms with van der Waals surface area (Å²) in [6, 6.07) is 8.65. The van der Waals surface area contributed by atoms with Gasteiger partial charge in [0.1, 0.15) is 0 Å². The molecule has 1 saturated carbocycles.